The van der Waals surface area contributed by atoms with Crippen molar-refractivity contribution in [1.82, 2.24) is 5.48 Å². The van der Waals surface area contributed by atoms with Crippen molar-refractivity contribution in [2.24, 2.45) is 5.73 Å². The first-order valence-electron chi connectivity index (χ1n) is 3.34. The van der Waals surface area contributed by atoms with Gasteiger partial charge in [0.1, 0.15) is 0 Å². The van der Waals surface area contributed by atoms with Gasteiger partial charge in [0.25, 0.3) is 0 Å². The lowest BCUT2D eigenvalue weighted by atomic mass is 9.95. The van der Waals surface area contributed by atoms with Crippen LogP contribution in [0.25, 0.3) is 0 Å². The Balaban J connectivity index is 3.62. The van der Waals surface area contributed by atoms with Gasteiger partial charge in [-0.05, 0) is 12.8 Å². The zero-order valence-corrected chi connectivity index (χ0v) is 6.15. The van der Waals surface area contributed by atoms with Crippen LogP contribution in [0.15, 0.2) is 0 Å². The van der Waals surface area contributed by atoms with E-state index in [4.69, 9.17) is 10.9 Å². The van der Waals surface area contributed by atoms with Crippen molar-refractivity contribution in [1.29, 1.82) is 0 Å². The van der Waals surface area contributed by atoms with Crippen LogP contribution in [0, 0.1) is 0 Å². The maximum atomic E-state index is 8.33. The largest absolute Gasteiger partial charge is 0.324 e. The highest BCUT2D eigenvalue weighted by Crippen LogP contribution is 2.08. The predicted molar refractivity (Wildman–Crippen MR) is 37.3 cm³/mol. The summed E-state index contributed by atoms with van der Waals surface area (Å²) in [6.07, 6.45) is 1.77. The summed E-state index contributed by atoms with van der Waals surface area (Å²) in [6, 6.07) is 0. The third-order valence-electron chi connectivity index (χ3n) is 1.84. The molecule has 3 heteroatoms. The summed E-state index contributed by atoms with van der Waals surface area (Å²) in [7, 11) is 0. The minimum Gasteiger partial charge on any atom is -0.324 e. The summed E-state index contributed by atoms with van der Waals surface area (Å²) in [5.74, 6) is 0. The second-order valence-corrected chi connectivity index (χ2v) is 2.40. The molecule has 0 bridgehead atoms. The lowest BCUT2D eigenvalue weighted by Gasteiger charge is -2.24. The Bertz CT molecular complexity index is 71.5. The van der Waals surface area contributed by atoms with Crippen molar-refractivity contribution in [2.75, 3.05) is 6.54 Å². The van der Waals surface area contributed by atoms with Gasteiger partial charge < -0.3 is 10.9 Å². The Kier molecular flexibility index (Phi) is 3.77. The molecule has 0 heterocycles. The predicted octanol–water partition coefficient (Wildman–Crippen LogP) is 0.483. The maximum Gasteiger partial charge on any atom is 0.0387 e. The summed E-state index contributed by atoms with van der Waals surface area (Å²) in [5.41, 5.74) is 7.64. The summed E-state index contributed by atoms with van der Waals surface area (Å²) < 4.78 is 0. The van der Waals surface area contributed by atoms with Gasteiger partial charge in [-0.15, -0.1) is 0 Å². The Hall–Kier alpha value is -0.120. The minimum atomic E-state index is -0.227. The van der Waals surface area contributed by atoms with E-state index < -0.39 is 0 Å². The zero-order valence-electron chi connectivity index (χ0n) is 6.15. The van der Waals surface area contributed by atoms with Crippen molar-refractivity contribution in [3.05, 3.63) is 0 Å². The number of hydrogen-bond donors (Lipinski definition) is 3. The molecule has 0 aliphatic carbocycles. The molecule has 0 aliphatic rings. The topological polar surface area (TPSA) is 58.3 Å². The lowest BCUT2D eigenvalue weighted by molar-refractivity contribution is 0.136. The van der Waals surface area contributed by atoms with Gasteiger partial charge in [-0.25, -0.2) is 5.48 Å². The molecular formula is C6H16N2O. The Labute approximate surface area is 56.2 Å². The number of rotatable bonds is 4. The number of hydroxylamine groups is 1. The highest BCUT2D eigenvalue weighted by Gasteiger charge is 2.18. The van der Waals surface area contributed by atoms with E-state index in [0.29, 0.717) is 6.54 Å². The molecule has 0 spiro atoms. The van der Waals surface area contributed by atoms with E-state index in [0.717, 1.165) is 12.8 Å². The third kappa shape index (κ3) is 2.79. The normalized spacial score (nSPS) is 12.0. The van der Waals surface area contributed by atoms with Crippen LogP contribution in [-0.2, 0) is 0 Å². The third-order valence-corrected chi connectivity index (χ3v) is 1.84. The average molecular weight is 132 g/mol. The molecule has 56 valence electrons. The first-order valence-corrected chi connectivity index (χ1v) is 3.34. The average Bonchev–Trinajstić information content (AvgIpc) is 1.89. The second-order valence-electron chi connectivity index (χ2n) is 2.40. The van der Waals surface area contributed by atoms with E-state index >= 15 is 0 Å². The minimum absolute atomic E-state index is 0.227. The van der Waals surface area contributed by atoms with E-state index in [1.165, 1.54) is 0 Å². The number of nitrogens with one attached hydrogen (secondary N) is 1. The molecule has 0 saturated heterocycles. The molecule has 0 saturated carbocycles. The van der Waals surface area contributed by atoms with Gasteiger partial charge in [0, 0.05) is 12.1 Å². The van der Waals surface area contributed by atoms with Crippen LogP contribution < -0.4 is 11.2 Å². The van der Waals surface area contributed by atoms with E-state index in [9.17, 15) is 0 Å². The smallest absolute Gasteiger partial charge is 0.0387 e. The molecule has 0 rings (SSSR count). The standard InChI is InChI=1S/C6H16N2O/c1-3-6(7,4-2)5-8-9/h8-9H,3-5,7H2,1-2H3. The van der Waals surface area contributed by atoms with Crippen molar-refractivity contribution in [3.63, 3.8) is 0 Å². The molecule has 0 unspecified atom stereocenters. The molecule has 3 nitrogen and oxygen atoms in total. The van der Waals surface area contributed by atoms with Gasteiger partial charge in [0.05, 0.1) is 0 Å². The fraction of sp³-hybridized carbons (Fsp3) is 1.00. The van der Waals surface area contributed by atoms with Crippen LogP contribution in [0.4, 0.5) is 0 Å². The maximum absolute atomic E-state index is 8.33. The Morgan fingerprint density at radius 3 is 2.00 bits per heavy atom. The van der Waals surface area contributed by atoms with Gasteiger partial charge in [-0.1, -0.05) is 13.8 Å². The van der Waals surface area contributed by atoms with Gasteiger partial charge in [0.2, 0.25) is 0 Å². The molecule has 0 aromatic carbocycles. The van der Waals surface area contributed by atoms with Crippen molar-refractivity contribution in [2.45, 2.75) is 32.2 Å². The molecule has 0 amide bonds. The molecule has 0 fully saturated rings. The van der Waals surface area contributed by atoms with Crippen molar-refractivity contribution in [3.8, 4) is 0 Å². The van der Waals surface area contributed by atoms with Gasteiger partial charge >= 0.3 is 0 Å². The molecule has 0 aromatic heterocycles. The van der Waals surface area contributed by atoms with Gasteiger partial charge in [-0.3, -0.25) is 0 Å². The molecule has 0 aromatic rings. The van der Waals surface area contributed by atoms with E-state index in [-0.39, 0.29) is 5.54 Å². The summed E-state index contributed by atoms with van der Waals surface area (Å²) in [4.78, 5) is 0. The Morgan fingerprint density at radius 2 is 1.89 bits per heavy atom. The van der Waals surface area contributed by atoms with Crippen LogP contribution in [-0.4, -0.2) is 17.3 Å². The second kappa shape index (κ2) is 3.82. The fourth-order valence-electron chi connectivity index (χ4n) is 0.657. The Morgan fingerprint density at radius 1 is 1.44 bits per heavy atom. The summed E-state index contributed by atoms with van der Waals surface area (Å²) >= 11 is 0. The van der Waals surface area contributed by atoms with Crippen LogP contribution in [0.5, 0.6) is 0 Å². The number of hydrogen-bond acceptors (Lipinski definition) is 3. The van der Waals surface area contributed by atoms with Crippen LogP contribution >= 0.6 is 0 Å². The van der Waals surface area contributed by atoms with Crippen molar-refractivity contribution >= 4 is 0 Å². The molecule has 9 heavy (non-hydrogen) atoms. The first kappa shape index (κ1) is 8.88. The monoisotopic (exact) mass is 132 g/mol. The van der Waals surface area contributed by atoms with E-state index in [1.807, 2.05) is 13.8 Å². The van der Waals surface area contributed by atoms with Crippen LogP contribution in [0.3, 0.4) is 0 Å². The molecular weight excluding hydrogens is 116 g/mol. The zero-order chi connectivity index (χ0) is 7.33. The quantitative estimate of drug-likeness (QED) is 0.488. The summed E-state index contributed by atoms with van der Waals surface area (Å²) in [5, 5.41) is 8.33. The van der Waals surface area contributed by atoms with E-state index in [2.05, 4.69) is 5.48 Å². The molecule has 4 N–H and O–H groups in total. The van der Waals surface area contributed by atoms with Crippen molar-refractivity contribution < 1.29 is 5.21 Å². The molecule has 0 aliphatic heterocycles. The molecule has 0 atom stereocenters. The summed E-state index contributed by atoms with van der Waals surface area (Å²) in [6.45, 7) is 4.50. The highest BCUT2D eigenvalue weighted by atomic mass is 16.5. The van der Waals surface area contributed by atoms with Gasteiger partial charge in [0.15, 0.2) is 0 Å². The van der Waals surface area contributed by atoms with Crippen LogP contribution in [0.1, 0.15) is 26.7 Å². The van der Waals surface area contributed by atoms with Crippen LogP contribution in [0.2, 0.25) is 0 Å². The lowest BCUT2D eigenvalue weighted by Crippen LogP contribution is -2.46. The number of nitrogens with two attached hydrogens (primary N) is 1. The molecule has 0 radical (unpaired) electrons. The first-order chi connectivity index (χ1) is 4.18. The highest BCUT2D eigenvalue weighted by molar-refractivity contribution is 4.81. The SMILES string of the molecule is CCC(N)(CC)CNO. The fourth-order valence-corrected chi connectivity index (χ4v) is 0.657. The van der Waals surface area contributed by atoms with Gasteiger partial charge in [-0.2, -0.15) is 0 Å². The van der Waals surface area contributed by atoms with E-state index in [1.54, 1.807) is 0 Å².